The molecular weight excluding hydrogens is 194 g/mol. The van der Waals surface area contributed by atoms with Crippen LogP contribution in [0, 0.1) is 12.8 Å². The van der Waals surface area contributed by atoms with Gasteiger partial charge in [0, 0.05) is 0 Å². The van der Waals surface area contributed by atoms with Gasteiger partial charge in [-0.15, -0.1) is 0 Å². The Bertz CT molecular complexity index is 293. The number of hydrogen-bond donors (Lipinski definition) is 1. The minimum atomic E-state index is 0.769. The Hall–Kier alpha value is -0.820. The predicted molar refractivity (Wildman–Crippen MR) is 71.8 cm³/mol. The van der Waals surface area contributed by atoms with E-state index in [-0.39, 0.29) is 0 Å². The molecule has 90 valence electrons. The van der Waals surface area contributed by atoms with E-state index < -0.39 is 0 Å². The smallest absolute Gasteiger partial charge is 0.00463 e. The molecule has 1 rings (SSSR count). The van der Waals surface area contributed by atoms with Crippen LogP contribution in [0.15, 0.2) is 24.3 Å². The molecule has 1 aromatic rings. The zero-order valence-electron chi connectivity index (χ0n) is 10.9. The molecule has 0 radical (unpaired) electrons. The summed E-state index contributed by atoms with van der Waals surface area (Å²) in [5.41, 5.74) is 2.93. The van der Waals surface area contributed by atoms with Crippen molar-refractivity contribution in [3.8, 4) is 0 Å². The lowest BCUT2D eigenvalue weighted by Crippen LogP contribution is -2.18. The summed E-state index contributed by atoms with van der Waals surface area (Å²) >= 11 is 0. The zero-order valence-corrected chi connectivity index (χ0v) is 10.9. The average Bonchev–Trinajstić information content (AvgIpc) is 2.28. The van der Waals surface area contributed by atoms with Gasteiger partial charge in [0.2, 0.25) is 0 Å². The molecule has 1 heteroatoms. The molecule has 0 bridgehead atoms. The summed E-state index contributed by atoms with van der Waals surface area (Å²) in [4.78, 5) is 0. The van der Waals surface area contributed by atoms with Crippen molar-refractivity contribution in [3.05, 3.63) is 35.4 Å². The van der Waals surface area contributed by atoms with Crippen LogP contribution in [-0.2, 0) is 6.42 Å². The highest BCUT2D eigenvalue weighted by atomic mass is 14.8. The molecule has 0 aliphatic carbocycles. The van der Waals surface area contributed by atoms with Crippen LogP contribution in [0.2, 0.25) is 0 Å². The molecule has 1 aromatic carbocycles. The third-order valence-corrected chi connectivity index (χ3v) is 3.07. The SMILES string of the molecule is CCCNCCC(C)Cc1ccccc1C. The zero-order chi connectivity index (χ0) is 11.8. The summed E-state index contributed by atoms with van der Waals surface area (Å²) in [7, 11) is 0. The van der Waals surface area contributed by atoms with Crippen LogP contribution < -0.4 is 5.32 Å². The Morgan fingerprint density at radius 1 is 1.19 bits per heavy atom. The topological polar surface area (TPSA) is 12.0 Å². The Morgan fingerprint density at radius 3 is 2.62 bits per heavy atom. The van der Waals surface area contributed by atoms with Gasteiger partial charge in [-0.1, -0.05) is 38.1 Å². The second kappa shape index (κ2) is 7.45. The van der Waals surface area contributed by atoms with Crippen molar-refractivity contribution in [2.45, 2.75) is 40.0 Å². The van der Waals surface area contributed by atoms with Gasteiger partial charge in [0.25, 0.3) is 0 Å². The summed E-state index contributed by atoms with van der Waals surface area (Å²) < 4.78 is 0. The molecule has 0 fully saturated rings. The molecule has 0 heterocycles. The van der Waals surface area contributed by atoms with Gasteiger partial charge in [0.1, 0.15) is 0 Å². The largest absolute Gasteiger partial charge is 0.317 e. The van der Waals surface area contributed by atoms with Crippen LogP contribution >= 0.6 is 0 Å². The fraction of sp³-hybridized carbons (Fsp3) is 0.600. The molecular formula is C15H25N. The maximum absolute atomic E-state index is 3.47. The van der Waals surface area contributed by atoms with E-state index >= 15 is 0 Å². The highest BCUT2D eigenvalue weighted by Gasteiger charge is 2.04. The lowest BCUT2D eigenvalue weighted by molar-refractivity contribution is 0.498. The first-order valence-corrected chi connectivity index (χ1v) is 6.49. The second-order valence-electron chi connectivity index (χ2n) is 4.77. The molecule has 0 aromatic heterocycles. The molecule has 16 heavy (non-hydrogen) atoms. The molecule has 0 aliphatic heterocycles. The summed E-state index contributed by atoms with van der Waals surface area (Å²) in [6, 6.07) is 8.72. The van der Waals surface area contributed by atoms with Crippen LogP contribution in [0.1, 0.15) is 37.8 Å². The molecule has 0 saturated carbocycles. The Morgan fingerprint density at radius 2 is 1.94 bits per heavy atom. The Balaban J connectivity index is 2.28. The van der Waals surface area contributed by atoms with Crippen molar-refractivity contribution in [2.75, 3.05) is 13.1 Å². The van der Waals surface area contributed by atoms with Crippen molar-refractivity contribution < 1.29 is 0 Å². The lowest BCUT2D eigenvalue weighted by Gasteiger charge is -2.13. The average molecular weight is 219 g/mol. The first-order valence-electron chi connectivity index (χ1n) is 6.49. The van der Waals surface area contributed by atoms with E-state index in [1.165, 1.54) is 30.4 Å². The molecule has 1 atom stereocenters. The van der Waals surface area contributed by atoms with Gasteiger partial charge in [-0.3, -0.25) is 0 Å². The van der Waals surface area contributed by atoms with Crippen molar-refractivity contribution >= 4 is 0 Å². The fourth-order valence-corrected chi connectivity index (χ4v) is 1.97. The van der Waals surface area contributed by atoms with E-state index in [1.54, 1.807) is 0 Å². The van der Waals surface area contributed by atoms with Crippen LogP contribution in [0.3, 0.4) is 0 Å². The summed E-state index contributed by atoms with van der Waals surface area (Å²) in [6.07, 6.45) is 3.71. The van der Waals surface area contributed by atoms with Crippen molar-refractivity contribution in [1.29, 1.82) is 0 Å². The number of aryl methyl sites for hydroxylation is 1. The molecule has 1 N–H and O–H groups in total. The highest BCUT2D eigenvalue weighted by Crippen LogP contribution is 2.14. The number of benzene rings is 1. The predicted octanol–water partition coefficient (Wildman–Crippen LogP) is 3.56. The molecule has 1 unspecified atom stereocenters. The highest BCUT2D eigenvalue weighted by molar-refractivity contribution is 5.25. The van der Waals surface area contributed by atoms with Gasteiger partial charge < -0.3 is 5.32 Å². The van der Waals surface area contributed by atoms with Crippen molar-refractivity contribution in [3.63, 3.8) is 0 Å². The molecule has 0 spiro atoms. The van der Waals surface area contributed by atoms with Gasteiger partial charge in [-0.25, -0.2) is 0 Å². The van der Waals surface area contributed by atoms with Crippen LogP contribution in [0.4, 0.5) is 0 Å². The monoisotopic (exact) mass is 219 g/mol. The number of nitrogens with one attached hydrogen (secondary N) is 1. The first kappa shape index (κ1) is 13.2. The van der Waals surface area contributed by atoms with Crippen molar-refractivity contribution in [1.82, 2.24) is 5.32 Å². The van der Waals surface area contributed by atoms with Crippen LogP contribution in [-0.4, -0.2) is 13.1 Å². The number of hydrogen-bond acceptors (Lipinski definition) is 1. The second-order valence-corrected chi connectivity index (χ2v) is 4.77. The Labute approximate surface area is 100 Å². The normalized spacial score (nSPS) is 12.7. The maximum atomic E-state index is 3.47. The number of rotatable bonds is 7. The fourth-order valence-electron chi connectivity index (χ4n) is 1.97. The van der Waals surface area contributed by atoms with E-state index in [9.17, 15) is 0 Å². The van der Waals surface area contributed by atoms with Gasteiger partial charge >= 0.3 is 0 Å². The standard InChI is InChI=1S/C15H25N/c1-4-10-16-11-9-13(2)12-15-8-6-5-7-14(15)3/h5-8,13,16H,4,9-12H2,1-3H3. The molecule has 0 amide bonds. The first-order chi connectivity index (χ1) is 7.74. The lowest BCUT2D eigenvalue weighted by atomic mass is 9.95. The summed E-state index contributed by atoms with van der Waals surface area (Å²) in [5, 5.41) is 3.47. The van der Waals surface area contributed by atoms with Crippen LogP contribution in [0.25, 0.3) is 0 Å². The summed E-state index contributed by atoms with van der Waals surface area (Å²) in [6.45, 7) is 9.07. The van der Waals surface area contributed by atoms with E-state index in [0.717, 1.165) is 19.0 Å². The van der Waals surface area contributed by atoms with Crippen molar-refractivity contribution in [2.24, 2.45) is 5.92 Å². The van der Waals surface area contributed by atoms with E-state index in [0.29, 0.717) is 0 Å². The van der Waals surface area contributed by atoms with Gasteiger partial charge in [-0.05, 0) is 56.3 Å². The van der Waals surface area contributed by atoms with E-state index in [2.05, 4.69) is 50.4 Å². The van der Waals surface area contributed by atoms with Gasteiger partial charge in [0.15, 0.2) is 0 Å². The molecule has 1 nitrogen and oxygen atoms in total. The van der Waals surface area contributed by atoms with Crippen LogP contribution in [0.5, 0.6) is 0 Å². The molecule has 0 aliphatic rings. The van der Waals surface area contributed by atoms with Gasteiger partial charge in [-0.2, -0.15) is 0 Å². The van der Waals surface area contributed by atoms with E-state index in [1.807, 2.05) is 0 Å². The summed E-state index contributed by atoms with van der Waals surface area (Å²) in [5.74, 6) is 0.769. The third-order valence-electron chi connectivity index (χ3n) is 3.07. The van der Waals surface area contributed by atoms with E-state index in [4.69, 9.17) is 0 Å². The minimum absolute atomic E-state index is 0.769. The quantitative estimate of drug-likeness (QED) is 0.691. The van der Waals surface area contributed by atoms with Gasteiger partial charge in [0.05, 0.1) is 0 Å². The molecule has 0 saturated heterocycles. The minimum Gasteiger partial charge on any atom is -0.317 e. The Kier molecular flexibility index (Phi) is 6.17. The third kappa shape index (κ3) is 4.80. The maximum Gasteiger partial charge on any atom is -0.00463 e.